The maximum Gasteiger partial charge on any atom is 0.242 e. The van der Waals surface area contributed by atoms with Crippen LogP contribution in [-0.2, 0) is 14.8 Å². The lowest BCUT2D eigenvalue weighted by atomic mass is 10.0. The van der Waals surface area contributed by atoms with Crippen molar-refractivity contribution in [3.63, 3.8) is 0 Å². The Morgan fingerprint density at radius 1 is 1.28 bits per heavy atom. The van der Waals surface area contributed by atoms with E-state index in [1.807, 2.05) is 0 Å². The van der Waals surface area contributed by atoms with Gasteiger partial charge in [-0.05, 0) is 30.9 Å². The highest BCUT2D eigenvalue weighted by Gasteiger charge is 2.20. The molecule has 0 bridgehead atoms. The highest BCUT2D eigenvalue weighted by Crippen LogP contribution is 2.18. The van der Waals surface area contributed by atoms with E-state index in [1.54, 1.807) is 18.2 Å². The molecule has 1 heterocycles. The van der Waals surface area contributed by atoms with Gasteiger partial charge in [0.1, 0.15) is 4.90 Å². The van der Waals surface area contributed by atoms with Crippen LogP contribution in [-0.4, -0.2) is 28.2 Å². The summed E-state index contributed by atoms with van der Waals surface area (Å²) in [6, 6.07) is 6.48. The van der Waals surface area contributed by atoms with Crippen LogP contribution in [0.15, 0.2) is 29.2 Å². The molecule has 1 fully saturated rings. The van der Waals surface area contributed by atoms with Crippen molar-refractivity contribution in [3.8, 4) is 0 Å². The predicted molar refractivity (Wildman–Crippen MR) is 69.6 cm³/mol. The number of hydrogen-bond acceptors (Lipinski definition) is 4. The Kier molecular flexibility index (Phi) is 4.21. The minimum absolute atomic E-state index is 0.150. The molecule has 0 unspecified atom stereocenters. The maximum atomic E-state index is 12.1. The normalized spacial score (nSPS) is 17.8. The van der Waals surface area contributed by atoms with Gasteiger partial charge in [0.05, 0.1) is 5.69 Å². The van der Waals surface area contributed by atoms with Crippen molar-refractivity contribution in [2.75, 3.05) is 25.5 Å². The van der Waals surface area contributed by atoms with Gasteiger partial charge >= 0.3 is 0 Å². The van der Waals surface area contributed by atoms with Gasteiger partial charge in [-0.15, -0.1) is 0 Å². The zero-order valence-corrected chi connectivity index (χ0v) is 10.9. The molecule has 1 aliphatic heterocycles. The predicted octanol–water partition coefficient (Wildman–Crippen LogP) is 0.974. The molecule has 0 amide bonds. The SMILES string of the molecule is Nc1ccccc1S(=O)(=O)NCC1CCOCC1. The van der Waals surface area contributed by atoms with E-state index in [4.69, 9.17) is 10.5 Å². The summed E-state index contributed by atoms with van der Waals surface area (Å²) in [4.78, 5) is 0.150. The molecule has 5 nitrogen and oxygen atoms in total. The highest BCUT2D eigenvalue weighted by molar-refractivity contribution is 7.89. The van der Waals surface area contributed by atoms with Crippen molar-refractivity contribution >= 4 is 15.7 Å². The molecule has 1 aliphatic rings. The smallest absolute Gasteiger partial charge is 0.242 e. The Labute approximate surface area is 107 Å². The number of nitrogen functional groups attached to an aromatic ring is 1. The number of nitrogens with one attached hydrogen (secondary N) is 1. The number of hydrogen-bond donors (Lipinski definition) is 2. The fourth-order valence-electron chi connectivity index (χ4n) is 1.98. The zero-order valence-electron chi connectivity index (χ0n) is 10.1. The number of rotatable bonds is 4. The topological polar surface area (TPSA) is 81.4 Å². The van der Waals surface area contributed by atoms with Crippen molar-refractivity contribution < 1.29 is 13.2 Å². The lowest BCUT2D eigenvalue weighted by molar-refractivity contribution is 0.0678. The van der Waals surface area contributed by atoms with Crippen LogP contribution >= 0.6 is 0 Å². The monoisotopic (exact) mass is 270 g/mol. The first kappa shape index (κ1) is 13.3. The summed E-state index contributed by atoms with van der Waals surface area (Å²) in [5, 5.41) is 0. The summed E-state index contributed by atoms with van der Waals surface area (Å²) in [5.74, 6) is 0.346. The molecule has 18 heavy (non-hydrogen) atoms. The third-order valence-electron chi connectivity index (χ3n) is 3.11. The van der Waals surface area contributed by atoms with Gasteiger partial charge in [-0.2, -0.15) is 0 Å². The van der Waals surface area contributed by atoms with Crippen LogP contribution in [0, 0.1) is 5.92 Å². The van der Waals surface area contributed by atoms with Gasteiger partial charge in [0.15, 0.2) is 0 Å². The van der Waals surface area contributed by atoms with E-state index in [2.05, 4.69) is 4.72 Å². The lowest BCUT2D eigenvalue weighted by Crippen LogP contribution is -2.32. The first-order valence-electron chi connectivity index (χ1n) is 6.01. The van der Waals surface area contributed by atoms with Crippen molar-refractivity contribution in [2.24, 2.45) is 5.92 Å². The molecule has 1 aromatic rings. The molecule has 0 spiro atoms. The molecule has 3 N–H and O–H groups in total. The van der Waals surface area contributed by atoms with Gasteiger partial charge < -0.3 is 10.5 Å². The number of benzene rings is 1. The minimum atomic E-state index is -3.51. The number of ether oxygens (including phenoxy) is 1. The Hall–Kier alpha value is -1.11. The second-order valence-electron chi connectivity index (χ2n) is 4.45. The quantitative estimate of drug-likeness (QED) is 0.799. The summed E-state index contributed by atoms with van der Waals surface area (Å²) in [5.41, 5.74) is 5.95. The summed E-state index contributed by atoms with van der Waals surface area (Å²) in [6.07, 6.45) is 1.79. The van der Waals surface area contributed by atoms with Gasteiger partial charge in [-0.3, -0.25) is 0 Å². The summed E-state index contributed by atoms with van der Waals surface area (Å²) in [7, 11) is -3.51. The molecule has 0 aromatic heterocycles. The Balaban J connectivity index is 2.01. The van der Waals surface area contributed by atoms with E-state index in [0.29, 0.717) is 25.7 Å². The van der Waals surface area contributed by atoms with E-state index < -0.39 is 10.0 Å². The van der Waals surface area contributed by atoms with E-state index in [-0.39, 0.29) is 10.6 Å². The molecule has 0 radical (unpaired) electrons. The van der Waals surface area contributed by atoms with Crippen LogP contribution in [0.5, 0.6) is 0 Å². The summed E-state index contributed by atoms with van der Waals surface area (Å²) >= 11 is 0. The Bertz CT molecular complexity index is 496. The molecule has 2 rings (SSSR count). The van der Waals surface area contributed by atoms with Crippen molar-refractivity contribution in [1.29, 1.82) is 0 Å². The third kappa shape index (κ3) is 3.22. The lowest BCUT2D eigenvalue weighted by Gasteiger charge is -2.22. The highest BCUT2D eigenvalue weighted by atomic mass is 32.2. The molecule has 0 saturated carbocycles. The van der Waals surface area contributed by atoms with Gasteiger partial charge in [0.2, 0.25) is 10.0 Å². The molecule has 1 saturated heterocycles. The molecule has 0 aliphatic carbocycles. The molecule has 6 heteroatoms. The van der Waals surface area contributed by atoms with Crippen LogP contribution in [0.25, 0.3) is 0 Å². The molecular weight excluding hydrogens is 252 g/mol. The number of anilines is 1. The van der Waals surface area contributed by atoms with E-state index in [1.165, 1.54) is 6.07 Å². The fraction of sp³-hybridized carbons (Fsp3) is 0.500. The second kappa shape index (κ2) is 5.69. The second-order valence-corrected chi connectivity index (χ2v) is 6.18. The average molecular weight is 270 g/mol. The van der Waals surface area contributed by atoms with Crippen LogP contribution in [0.2, 0.25) is 0 Å². The van der Waals surface area contributed by atoms with E-state index in [9.17, 15) is 8.42 Å². The minimum Gasteiger partial charge on any atom is -0.398 e. The fourth-order valence-corrected chi connectivity index (χ4v) is 3.23. The van der Waals surface area contributed by atoms with Gasteiger partial charge in [-0.25, -0.2) is 13.1 Å². The average Bonchev–Trinajstić information content (AvgIpc) is 2.38. The first-order chi connectivity index (χ1) is 8.59. The molecule has 1 aromatic carbocycles. The maximum absolute atomic E-state index is 12.1. The zero-order chi connectivity index (χ0) is 13.0. The van der Waals surface area contributed by atoms with Crippen molar-refractivity contribution in [3.05, 3.63) is 24.3 Å². The Morgan fingerprint density at radius 3 is 2.61 bits per heavy atom. The van der Waals surface area contributed by atoms with Crippen LogP contribution < -0.4 is 10.5 Å². The molecule has 0 atom stereocenters. The van der Waals surface area contributed by atoms with Crippen LogP contribution in [0.1, 0.15) is 12.8 Å². The third-order valence-corrected chi connectivity index (χ3v) is 4.61. The van der Waals surface area contributed by atoms with Crippen LogP contribution in [0.3, 0.4) is 0 Å². The van der Waals surface area contributed by atoms with Gasteiger partial charge in [-0.1, -0.05) is 12.1 Å². The summed E-state index contributed by atoms with van der Waals surface area (Å²) in [6.45, 7) is 1.86. The standard InChI is InChI=1S/C12H18N2O3S/c13-11-3-1-2-4-12(11)18(15,16)14-9-10-5-7-17-8-6-10/h1-4,10,14H,5-9,13H2. The molecular formula is C12H18N2O3S. The first-order valence-corrected chi connectivity index (χ1v) is 7.50. The van der Waals surface area contributed by atoms with Gasteiger partial charge in [0, 0.05) is 19.8 Å². The molecule has 100 valence electrons. The largest absolute Gasteiger partial charge is 0.398 e. The van der Waals surface area contributed by atoms with Crippen LogP contribution in [0.4, 0.5) is 5.69 Å². The van der Waals surface area contributed by atoms with Gasteiger partial charge in [0.25, 0.3) is 0 Å². The van der Waals surface area contributed by atoms with Crippen molar-refractivity contribution in [2.45, 2.75) is 17.7 Å². The number of para-hydroxylation sites is 1. The number of nitrogens with two attached hydrogens (primary N) is 1. The number of sulfonamides is 1. The van der Waals surface area contributed by atoms with Crippen molar-refractivity contribution in [1.82, 2.24) is 4.72 Å². The van der Waals surface area contributed by atoms with E-state index >= 15 is 0 Å². The summed E-state index contributed by atoms with van der Waals surface area (Å²) < 4.78 is 32.0. The van der Waals surface area contributed by atoms with E-state index in [0.717, 1.165) is 12.8 Å². The Morgan fingerprint density at radius 2 is 1.94 bits per heavy atom.